The molecule has 4 heteroatoms. The number of rotatable bonds is 5. The number of ether oxygens (including phenoxy) is 1. The molecule has 1 aliphatic heterocycles. The molecule has 0 aromatic heterocycles. The Hall–Kier alpha value is -1.10. The third-order valence-corrected chi connectivity index (χ3v) is 3.72. The molecule has 1 aromatic carbocycles. The van der Waals surface area contributed by atoms with Crippen LogP contribution in [0.4, 0.5) is 0 Å². The van der Waals surface area contributed by atoms with Crippen molar-refractivity contribution in [1.82, 2.24) is 4.90 Å². The van der Waals surface area contributed by atoms with Crippen LogP contribution >= 0.6 is 0 Å². The van der Waals surface area contributed by atoms with Crippen LogP contribution in [0.5, 0.6) is 5.75 Å². The molecule has 1 aromatic rings. The molecular weight excluding hydrogens is 230 g/mol. The molecule has 0 bridgehead atoms. The molecule has 1 aliphatic rings. The van der Waals surface area contributed by atoms with Gasteiger partial charge in [0.2, 0.25) is 0 Å². The molecule has 2 atom stereocenters. The van der Waals surface area contributed by atoms with Crippen LogP contribution in [0.2, 0.25) is 0 Å². The number of benzene rings is 1. The van der Waals surface area contributed by atoms with Crippen LogP contribution in [0.1, 0.15) is 18.4 Å². The van der Waals surface area contributed by atoms with Crippen LogP contribution in [-0.2, 0) is 6.54 Å². The number of nitrogens with zero attached hydrogens (tertiary/aromatic N) is 1. The van der Waals surface area contributed by atoms with Gasteiger partial charge >= 0.3 is 0 Å². The molecule has 4 nitrogen and oxygen atoms in total. The van der Waals surface area contributed by atoms with Crippen LogP contribution in [-0.4, -0.2) is 47.5 Å². The largest absolute Gasteiger partial charge is 0.497 e. The summed E-state index contributed by atoms with van der Waals surface area (Å²) in [5, 5.41) is 18.7. The lowest BCUT2D eigenvalue weighted by molar-refractivity contribution is 0.0902. The Morgan fingerprint density at radius 1 is 1.11 bits per heavy atom. The lowest BCUT2D eigenvalue weighted by Gasteiger charge is -2.28. The summed E-state index contributed by atoms with van der Waals surface area (Å²) >= 11 is 0. The van der Waals surface area contributed by atoms with E-state index >= 15 is 0 Å². The van der Waals surface area contributed by atoms with E-state index in [1.165, 1.54) is 5.56 Å². The maximum absolute atomic E-state index is 9.37. The predicted octanol–water partition coefficient (Wildman–Crippen LogP) is 1.01. The van der Waals surface area contributed by atoms with Gasteiger partial charge < -0.3 is 14.9 Å². The fraction of sp³-hybridized carbons (Fsp3) is 0.571. The summed E-state index contributed by atoms with van der Waals surface area (Å²) in [6.45, 7) is 1.08. The van der Waals surface area contributed by atoms with Gasteiger partial charge in [-0.2, -0.15) is 0 Å². The number of hydrogen-bond acceptors (Lipinski definition) is 4. The van der Waals surface area contributed by atoms with Gasteiger partial charge in [-0.25, -0.2) is 0 Å². The Labute approximate surface area is 108 Å². The zero-order chi connectivity index (χ0) is 13.0. The topological polar surface area (TPSA) is 52.9 Å². The molecule has 0 spiro atoms. The molecule has 100 valence electrons. The fourth-order valence-electron chi connectivity index (χ4n) is 2.61. The Morgan fingerprint density at radius 2 is 1.67 bits per heavy atom. The van der Waals surface area contributed by atoms with Crippen LogP contribution < -0.4 is 4.74 Å². The average molecular weight is 251 g/mol. The highest BCUT2D eigenvalue weighted by Gasteiger charge is 2.32. The highest BCUT2D eigenvalue weighted by Crippen LogP contribution is 2.26. The normalized spacial score (nSPS) is 24.4. The van der Waals surface area contributed by atoms with E-state index in [9.17, 15) is 10.2 Å². The van der Waals surface area contributed by atoms with Crippen molar-refractivity contribution in [3.05, 3.63) is 29.8 Å². The number of likely N-dealkylation sites (tertiary alicyclic amines) is 1. The Kier molecular flexibility index (Phi) is 4.58. The van der Waals surface area contributed by atoms with E-state index < -0.39 is 0 Å². The van der Waals surface area contributed by atoms with Crippen molar-refractivity contribution in [1.29, 1.82) is 0 Å². The molecule has 2 rings (SSSR count). The molecule has 1 saturated heterocycles. The minimum Gasteiger partial charge on any atom is -0.497 e. The Balaban J connectivity index is 2.05. The molecular formula is C14H21NO3. The number of methoxy groups -OCH3 is 1. The Morgan fingerprint density at radius 3 is 2.11 bits per heavy atom. The quantitative estimate of drug-likeness (QED) is 0.820. The molecule has 0 saturated carbocycles. The van der Waals surface area contributed by atoms with Crippen molar-refractivity contribution in [3.63, 3.8) is 0 Å². The monoisotopic (exact) mass is 251 g/mol. The van der Waals surface area contributed by atoms with E-state index in [0.29, 0.717) is 0 Å². The second-order valence-corrected chi connectivity index (χ2v) is 4.77. The average Bonchev–Trinajstić information content (AvgIpc) is 2.81. The fourth-order valence-corrected chi connectivity index (χ4v) is 2.61. The molecule has 1 fully saturated rings. The number of hydrogen-bond donors (Lipinski definition) is 2. The lowest BCUT2D eigenvalue weighted by atomic mass is 10.1. The molecule has 18 heavy (non-hydrogen) atoms. The van der Waals surface area contributed by atoms with Crippen molar-refractivity contribution in [2.24, 2.45) is 0 Å². The first kappa shape index (κ1) is 13.3. The highest BCUT2D eigenvalue weighted by atomic mass is 16.5. The van der Waals surface area contributed by atoms with E-state index in [1.54, 1.807) is 7.11 Å². The summed E-state index contributed by atoms with van der Waals surface area (Å²) in [6.07, 6.45) is 1.91. The van der Waals surface area contributed by atoms with E-state index in [2.05, 4.69) is 4.90 Å². The van der Waals surface area contributed by atoms with Gasteiger partial charge in [-0.05, 0) is 30.5 Å². The van der Waals surface area contributed by atoms with Gasteiger partial charge in [0.05, 0.1) is 20.3 Å². The van der Waals surface area contributed by atoms with E-state index in [4.69, 9.17) is 4.74 Å². The van der Waals surface area contributed by atoms with Crippen molar-refractivity contribution in [2.45, 2.75) is 31.5 Å². The van der Waals surface area contributed by atoms with E-state index in [0.717, 1.165) is 25.1 Å². The van der Waals surface area contributed by atoms with Crippen molar-refractivity contribution >= 4 is 0 Å². The molecule has 0 aliphatic carbocycles. The summed E-state index contributed by atoms with van der Waals surface area (Å²) in [7, 11) is 1.65. The van der Waals surface area contributed by atoms with Gasteiger partial charge in [-0.15, -0.1) is 0 Å². The molecule has 1 heterocycles. The summed E-state index contributed by atoms with van der Waals surface area (Å²) in [4.78, 5) is 2.20. The maximum atomic E-state index is 9.37. The molecule has 0 unspecified atom stereocenters. The molecule has 0 radical (unpaired) electrons. The van der Waals surface area contributed by atoms with Gasteiger partial charge in [0.1, 0.15) is 5.75 Å². The first-order valence-electron chi connectivity index (χ1n) is 6.39. The SMILES string of the molecule is COc1ccc(CN2[C@H](CO)CC[C@H]2CO)cc1. The van der Waals surface area contributed by atoms with Crippen LogP contribution in [0.3, 0.4) is 0 Å². The van der Waals surface area contributed by atoms with E-state index in [-0.39, 0.29) is 25.3 Å². The second kappa shape index (κ2) is 6.18. The molecule has 0 amide bonds. The van der Waals surface area contributed by atoms with Gasteiger partial charge in [0.25, 0.3) is 0 Å². The van der Waals surface area contributed by atoms with Crippen LogP contribution in [0.15, 0.2) is 24.3 Å². The maximum Gasteiger partial charge on any atom is 0.118 e. The zero-order valence-electron chi connectivity index (χ0n) is 10.7. The summed E-state index contributed by atoms with van der Waals surface area (Å²) < 4.78 is 5.13. The lowest BCUT2D eigenvalue weighted by Crippen LogP contribution is -2.39. The highest BCUT2D eigenvalue weighted by molar-refractivity contribution is 5.27. The van der Waals surface area contributed by atoms with Crippen LogP contribution in [0.25, 0.3) is 0 Å². The first-order chi connectivity index (χ1) is 8.78. The second-order valence-electron chi connectivity index (χ2n) is 4.77. The Bertz CT molecular complexity index is 354. The van der Waals surface area contributed by atoms with Crippen molar-refractivity contribution < 1.29 is 14.9 Å². The van der Waals surface area contributed by atoms with Gasteiger partial charge in [0, 0.05) is 18.6 Å². The third-order valence-electron chi connectivity index (χ3n) is 3.72. The van der Waals surface area contributed by atoms with Crippen molar-refractivity contribution in [2.75, 3.05) is 20.3 Å². The number of aliphatic hydroxyl groups excluding tert-OH is 2. The van der Waals surface area contributed by atoms with Gasteiger partial charge in [-0.3, -0.25) is 4.90 Å². The first-order valence-corrected chi connectivity index (χ1v) is 6.39. The smallest absolute Gasteiger partial charge is 0.118 e. The van der Waals surface area contributed by atoms with Gasteiger partial charge in [0.15, 0.2) is 0 Å². The standard InChI is InChI=1S/C14H21NO3/c1-18-14-6-2-11(3-7-14)8-15-12(9-16)4-5-13(15)10-17/h2-3,6-7,12-13,16-17H,4-5,8-10H2,1H3/t12-,13-/m0/s1. The zero-order valence-corrected chi connectivity index (χ0v) is 10.7. The predicted molar refractivity (Wildman–Crippen MR) is 69.5 cm³/mol. The number of aliphatic hydroxyl groups is 2. The van der Waals surface area contributed by atoms with Gasteiger partial charge in [-0.1, -0.05) is 12.1 Å². The summed E-state index contributed by atoms with van der Waals surface area (Å²) in [6, 6.07) is 8.27. The minimum atomic E-state index is 0.159. The summed E-state index contributed by atoms with van der Waals surface area (Å²) in [5.41, 5.74) is 1.18. The van der Waals surface area contributed by atoms with Crippen molar-refractivity contribution in [3.8, 4) is 5.75 Å². The molecule has 2 N–H and O–H groups in total. The third kappa shape index (κ3) is 2.83. The summed E-state index contributed by atoms with van der Waals surface area (Å²) in [5.74, 6) is 0.845. The minimum absolute atomic E-state index is 0.159. The van der Waals surface area contributed by atoms with E-state index in [1.807, 2.05) is 24.3 Å². The van der Waals surface area contributed by atoms with Crippen LogP contribution in [0, 0.1) is 0 Å².